The van der Waals surface area contributed by atoms with E-state index in [1.807, 2.05) is 0 Å². The molecule has 1 aromatic rings. The largest absolute Gasteiger partial charge is 0.374 e. The Morgan fingerprint density at radius 3 is 2.81 bits per heavy atom. The minimum Gasteiger partial charge on any atom is -0.374 e. The highest BCUT2D eigenvalue weighted by molar-refractivity contribution is 5.22. The maximum atomic E-state index is 5.80. The van der Waals surface area contributed by atoms with Crippen LogP contribution in [0.5, 0.6) is 0 Å². The summed E-state index contributed by atoms with van der Waals surface area (Å²) in [6, 6.07) is 8.66. The molecule has 2 heteroatoms. The minimum absolute atomic E-state index is 0.525. The summed E-state index contributed by atoms with van der Waals surface area (Å²) >= 11 is 0. The van der Waals surface area contributed by atoms with Gasteiger partial charge in [-0.2, -0.15) is 0 Å². The van der Waals surface area contributed by atoms with Crippen LogP contribution in [0.3, 0.4) is 0 Å². The van der Waals surface area contributed by atoms with Crippen LogP contribution < -0.4 is 5.32 Å². The number of nitrogens with one attached hydrogen (secondary N) is 1. The zero-order chi connectivity index (χ0) is 11.2. The van der Waals surface area contributed by atoms with Crippen LogP contribution in [-0.2, 0) is 17.9 Å². The number of benzene rings is 1. The third-order valence-corrected chi connectivity index (χ3v) is 3.11. The van der Waals surface area contributed by atoms with Crippen molar-refractivity contribution < 1.29 is 4.74 Å². The van der Waals surface area contributed by atoms with E-state index in [1.54, 1.807) is 0 Å². The van der Waals surface area contributed by atoms with Crippen LogP contribution >= 0.6 is 0 Å². The molecule has 0 saturated heterocycles. The summed E-state index contributed by atoms with van der Waals surface area (Å²) in [4.78, 5) is 0. The van der Waals surface area contributed by atoms with E-state index in [0.717, 1.165) is 19.7 Å². The van der Waals surface area contributed by atoms with E-state index in [-0.39, 0.29) is 0 Å². The van der Waals surface area contributed by atoms with Crippen molar-refractivity contribution in [3.8, 4) is 0 Å². The van der Waals surface area contributed by atoms with Gasteiger partial charge in [-0.15, -0.1) is 0 Å². The van der Waals surface area contributed by atoms with Crippen molar-refractivity contribution in [1.82, 2.24) is 5.32 Å². The van der Waals surface area contributed by atoms with E-state index < -0.39 is 0 Å². The van der Waals surface area contributed by atoms with E-state index in [1.165, 1.54) is 30.4 Å². The molecule has 1 saturated carbocycles. The second-order valence-corrected chi connectivity index (χ2v) is 4.46. The molecule has 1 aliphatic carbocycles. The van der Waals surface area contributed by atoms with Gasteiger partial charge in [0.15, 0.2) is 0 Å². The van der Waals surface area contributed by atoms with Gasteiger partial charge in [-0.05, 0) is 36.9 Å². The zero-order valence-corrected chi connectivity index (χ0v) is 10.0. The first-order valence-corrected chi connectivity index (χ1v) is 6.28. The first kappa shape index (κ1) is 11.6. The van der Waals surface area contributed by atoms with Gasteiger partial charge in [-0.3, -0.25) is 0 Å². The topological polar surface area (TPSA) is 21.3 Å². The molecule has 1 aromatic carbocycles. The molecule has 0 aromatic heterocycles. The summed E-state index contributed by atoms with van der Waals surface area (Å²) in [5.41, 5.74) is 2.64. The molecule has 0 aliphatic heterocycles. The van der Waals surface area contributed by atoms with Gasteiger partial charge in [-0.1, -0.05) is 31.2 Å². The van der Waals surface area contributed by atoms with Crippen LogP contribution in [-0.4, -0.2) is 12.6 Å². The second kappa shape index (κ2) is 6.02. The standard InChI is InChI=1S/C14H21NO/c1-2-15-10-12-5-3-6-13(9-12)11-16-14-7-4-8-14/h3,5-6,9,14-15H,2,4,7-8,10-11H2,1H3. The molecule has 88 valence electrons. The predicted molar refractivity (Wildman–Crippen MR) is 66.3 cm³/mol. The van der Waals surface area contributed by atoms with Gasteiger partial charge in [0.25, 0.3) is 0 Å². The Hall–Kier alpha value is -0.860. The van der Waals surface area contributed by atoms with E-state index in [2.05, 4.69) is 36.5 Å². The normalized spacial score (nSPS) is 16.1. The molecule has 2 rings (SSSR count). The molecule has 0 bridgehead atoms. The zero-order valence-electron chi connectivity index (χ0n) is 10.0. The van der Waals surface area contributed by atoms with Gasteiger partial charge >= 0.3 is 0 Å². The van der Waals surface area contributed by atoms with Crippen molar-refractivity contribution in [1.29, 1.82) is 0 Å². The Bertz CT molecular complexity index is 320. The lowest BCUT2D eigenvalue weighted by atomic mass is 9.96. The molecule has 0 radical (unpaired) electrons. The highest BCUT2D eigenvalue weighted by atomic mass is 16.5. The summed E-state index contributed by atoms with van der Waals surface area (Å²) in [7, 11) is 0. The first-order valence-electron chi connectivity index (χ1n) is 6.28. The van der Waals surface area contributed by atoms with Crippen LogP contribution in [0.2, 0.25) is 0 Å². The summed E-state index contributed by atoms with van der Waals surface area (Å²) in [5, 5.41) is 3.34. The van der Waals surface area contributed by atoms with Crippen molar-refractivity contribution >= 4 is 0 Å². The summed E-state index contributed by atoms with van der Waals surface area (Å²) in [5.74, 6) is 0. The van der Waals surface area contributed by atoms with E-state index >= 15 is 0 Å². The van der Waals surface area contributed by atoms with Crippen LogP contribution in [0, 0.1) is 0 Å². The lowest BCUT2D eigenvalue weighted by Gasteiger charge is -2.25. The molecule has 1 N–H and O–H groups in total. The number of hydrogen-bond acceptors (Lipinski definition) is 2. The van der Waals surface area contributed by atoms with E-state index in [4.69, 9.17) is 4.74 Å². The second-order valence-electron chi connectivity index (χ2n) is 4.46. The fraction of sp³-hybridized carbons (Fsp3) is 0.571. The fourth-order valence-electron chi connectivity index (χ4n) is 1.85. The molecule has 0 unspecified atom stereocenters. The number of ether oxygens (including phenoxy) is 1. The Morgan fingerprint density at radius 2 is 2.12 bits per heavy atom. The van der Waals surface area contributed by atoms with Gasteiger partial charge in [0.1, 0.15) is 0 Å². The molecule has 1 aliphatic rings. The highest BCUT2D eigenvalue weighted by Gasteiger charge is 2.17. The van der Waals surface area contributed by atoms with Crippen molar-refractivity contribution in [3.63, 3.8) is 0 Å². The third-order valence-electron chi connectivity index (χ3n) is 3.11. The molecule has 0 atom stereocenters. The molecule has 0 amide bonds. The Balaban J connectivity index is 1.82. The average Bonchev–Trinajstić information content (AvgIpc) is 2.25. The highest BCUT2D eigenvalue weighted by Crippen LogP contribution is 2.23. The summed E-state index contributed by atoms with van der Waals surface area (Å²) < 4.78 is 5.80. The molecule has 0 spiro atoms. The quantitative estimate of drug-likeness (QED) is 0.794. The molecular formula is C14H21NO. The monoisotopic (exact) mass is 219 g/mol. The van der Waals surface area contributed by atoms with Crippen LogP contribution in [0.1, 0.15) is 37.3 Å². The average molecular weight is 219 g/mol. The maximum absolute atomic E-state index is 5.80. The van der Waals surface area contributed by atoms with Gasteiger partial charge in [0.2, 0.25) is 0 Å². The van der Waals surface area contributed by atoms with Gasteiger partial charge < -0.3 is 10.1 Å². The van der Waals surface area contributed by atoms with Gasteiger partial charge in [-0.25, -0.2) is 0 Å². The van der Waals surface area contributed by atoms with Crippen molar-refractivity contribution in [2.75, 3.05) is 6.54 Å². The van der Waals surface area contributed by atoms with Crippen LogP contribution in [0.4, 0.5) is 0 Å². The molecule has 2 nitrogen and oxygen atoms in total. The lowest BCUT2D eigenvalue weighted by Crippen LogP contribution is -2.21. The van der Waals surface area contributed by atoms with E-state index in [9.17, 15) is 0 Å². The van der Waals surface area contributed by atoms with Crippen molar-refractivity contribution in [3.05, 3.63) is 35.4 Å². The van der Waals surface area contributed by atoms with Crippen LogP contribution in [0.25, 0.3) is 0 Å². The Morgan fingerprint density at radius 1 is 1.31 bits per heavy atom. The van der Waals surface area contributed by atoms with Crippen molar-refractivity contribution in [2.24, 2.45) is 0 Å². The number of rotatable bonds is 6. The van der Waals surface area contributed by atoms with Gasteiger partial charge in [0, 0.05) is 6.54 Å². The minimum atomic E-state index is 0.525. The fourth-order valence-corrected chi connectivity index (χ4v) is 1.85. The SMILES string of the molecule is CCNCc1cccc(COC2CCC2)c1. The predicted octanol–water partition coefficient (Wildman–Crippen LogP) is 2.87. The molecule has 16 heavy (non-hydrogen) atoms. The molecular weight excluding hydrogens is 198 g/mol. The lowest BCUT2D eigenvalue weighted by molar-refractivity contribution is -0.00868. The smallest absolute Gasteiger partial charge is 0.0720 e. The maximum Gasteiger partial charge on any atom is 0.0720 e. The first-order chi connectivity index (χ1) is 7.88. The Kier molecular flexibility index (Phi) is 4.37. The summed E-state index contributed by atoms with van der Waals surface area (Å²) in [6.07, 6.45) is 4.36. The van der Waals surface area contributed by atoms with Crippen LogP contribution in [0.15, 0.2) is 24.3 Å². The van der Waals surface area contributed by atoms with Crippen molar-refractivity contribution in [2.45, 2.75) is 45.4 Å². The number of hydrogen-bond donors (Lipinski definition) is 1. The summed E-state index contributed by atoms with van der Waals surface area (Å²) in [6.45, 7) is 4.87. The Labute approximate surface area is 98.0 Å². The third kappa shape index (κ3) is 3.32. The van der Waals surface area contributed by atoms with E-state index in [0.29, 0.717) is 6.10 Å². The van der Waals surface area contributed by atoms with Gasteiger partial charge in [0.05, 0.1) is 12.7 Å². The molecule has 0 heterocycles. The molecule has 1 fully saturated rings.